The molecule has 0 N–H and O–H groups in total. The van der Waals surface area contributed by atoms with Crippen LogP contribution >= 0.6 is 0 Å². The zero-order valence-electron chi connectivity index (χ0n) is 29.9. The Morgan fingerprint density at radius 1 is 0.464 bits per heavy atom. The summed E-state index contributed by atoms with van der Waals surface area (Å²) in [6.07, 6.45) is 3.30. The van der Waals surface area contributed by atoms with Gasteiger partial charge in [0.2, 0.25) is 0 Å². The van der Waals surface area contributed by atoms with E-state index in [1.165, 1.54) is 4.90 Å². The highest BCUT2D eigenvalue weighted by molar-refractivity contribution is 6.37. The molecule has 0 saturated carbocycles. The predicted molar refractivity (Wildman–Crippen MR) is 223 cm³/mol. The Hall–Kier alpha value is -7.88. The standard InChI is InChI=1S/C50H30N4O2/c51-29-32-25-38(31-52-30-32)36-23-24-45-43(26-36)39-19-10-11-21-44(39)53(45)46-22-12-20-40-47(46)50(56)54(49(40)55)48-41(34-15-6-2-7-16-34)27-37(33-13-4-1-5-14-33)28-42(48)35-17-8-3-9-18-35/h1-28,30-31H. The summed E-state index contributed by atoms with van der Waals surface area (Å²) in [5, 5.41) is 11.5. The fourth-order valence-electron chi connectivity index (χ4n) is 8.08. The van der Waals surface area contributed by atoms with E-state index in [4.69, 9.17) is 0 Å². The maximum absolute atomic E-state index is 15.3. The van der Waals surface area contributed by atoms with Gasteiger partial charge in [-0.25, -0.2) is 4.90 Å². The zero-order chi connectivity index (χ0) is 37.8. The summed E-state index contributed by atoms with van der Waals surface area (Å²) in [5.74, 6) is -0.758. The van der Waals surface area contributed by atoms with E-state index in [0.29, 0.717) is 28.1 Å². The lowest BCUT2D eigenvalue weighted by atomic mass is 9.90. The molecule has 0 bridgehead atoms. The monoisotopic (exact) mass is 718 g/mol. The van der Waals surface area contributed by atoms with E-state index in [1.54, 1.807) is 18.5 Å². The Bertz CT molecular complexity index is 3010. The zero-order valence-corrected chi connectivity index (χ0v) is 29.9. The van der Waals surface area contributed by atoms with Crippen LogP contribution in [0.2, 0.25) is 0 Å². The molecule has 6 nitrogen and oxygen atoms in total. The van der Waals surface area contributed by atoms with Gasteiger partial charge >= 0.3 is 0 Å². The molecule has 56 heavy (non-hydrogen) atoms. The van der Waals surface area contributed by atoms with Gasteiger partial charge in [-0.1, -0.05) is 121 Å². The van der Waals surface area contributed by atoms with Crippen LogP contribution in [0.3, 0.4) is 0 Å². The van der Waals surface area contributed by atoms with E-state index in [-0.39, 0.29) is 11.8 Å². The highest BCUT2D eigenvalue weighted by atomic mass is 16.2. The Kier molecular flexibility index (Phi) is 7.72. The SMILES string of the molecule is N#Cc1cncc(-c2ccc3c(c2)c2ccccc2n3-c2cccc3c2C(=O)N(c2c(-c4ccccc4)cc(-c4ccccc4)cc2-c2ccccc2)C3=O)c1. The van der Waals surface area contributed by atoms with Gasteiger partial charge in [-0.05, 0) is 76.3 Å². The second-order valence-electron chi connectivity index (χ2n) is 13.8. The molecule has 0 saturated heterocycles. The molecule has 3 heterocycles. The number of amides is 2. The molecule has 6 heteroatoms. The van der Waals surface area contributed by atoms with Gasteiger partial charge in [0.25, 0.3) is 11.8 Å². The van der Waals surface area contributed by atoms with E-state index < -0.39 is 0 Å². The Balaban J connectivity index is 1.20. The number of para-hydroxylation sites is 1. The molecule has 1 aliphatic rings. The molecule has 2 aromatic heterocycles. The smallest absolute Gasteiger partial charge is 0.268 e. The minimum Gasteiger partial charge on any atom is -0.308 e. The van der Waals surface area contributed by atoms with Gasteiger partial charge in [-0.2, -0.15) is 5.26 Å². The summed E-state index contributed by atoms with van der Waals surface area (Å²) in [6.45, 7) is 0. The predicted octanol–water partition coefficient (Wildman–Crippen LogP) is 11.5. The van der Waals surface area contributed by atoms with E-state index in [9.17, 15) is 10.1 Å². The number of carbonyl (C=O) groups excluding carboxylic acids is 2. The highest BCUT2D eigenvalue weighted by Crippen LogP contribution is 2.47. The van der Waals surface area contributed by atoms with Crippen molar-refractivity contribution in [3.8, 4) is 56.3 Å². The summed E-state index contributed by atoms with van der Waals surface area (Å²) < 4.78 is 2.08. The number of aromatic nitrogens is 2. The Morgan fingerprint density at radius 2 is 1.09 bits per heavy atom. The molecule has 0 atom stereocenters. The minimum atomic E-state index is -0.385. The van der Waals surface area contributed by atoms with E-state index in [2.05, 4.69) is 52.0 Å². The summed E-state index contributed by atoms with van der Waals surface area (Å²) in [4.78, 5) is 35.8. The van der Waals surface area contributed by atoms with Gasteiger partial charge in [-0.15, -0.1) is 0 Å². The fourth-order valence-corrected chi connectivity index (χ4v) is 8.08. The largest absolute Gasteiger partial charge is 0.308 e. The number of pyridine rings is 1. The van der Waals surface area contributed by atoms with E-state index in [0.717, 1.165) is 66.3 Å². The van der Waals surface area contributed by atoms with Crippen LogP contribution in [-0.4, -0.2) is 21.4 Å². The first-order chi connectivity index (χ1) is 27.6. The van der Waals surface area contributed by atoms with Crippen LogP contribution in [0, 0.1) is 11.3 Å². The number of benzene rings is 7. The molecular formula is C50H30N4O2. The van der Waals surface area contributed by atoms with Gasteiger partial charge in [0.1, 0.15) is 6.07 Å². The van der Waals surface area contributed by atoms with Crippen molar-refractivity contribution in [3.63, 3.8) is 0 Å². The topological polar surface area (TPSA) is 79.0 Å². The third-order valence-corrected chi connectivity index (χ3v) is 10.6. The number of rotatable bonds is 6. The molecule has 2 amide bonds. The van der Waals surface area contributed by atoms with Crippen LogP contribution in [0.25, 0.3) is 72.0 Å². The number of carbonyl (C=O) groups is 2. The number of hydrogen-bond acceptors (Lipinski definition) is 4. The van der Waals surface area contributed by atoms with Crippen LogP contribution in [0.5, 0.6) is 0 Å². The Morgan fingerprint density at radius 3 is 1.77 bits per heavy atom. The first-order valence-electron chi connectivity index (χ1n) is 18.3. The molecule has 0 spiro atoms. The van der Waals surface area contributed by atoms with Gasteiger partial charge in [0, 0.05) is 39.9 Å². The quantitative estimate of drug-likeness (QED) is 0.160. The molecule has 0 aliphatic carbocycles. The molecular weight excluding hydrogens is 689 g/mol. The molecule has 7 aromatic carbocycles. The minimum absolute atomic E-state index is 0.347. The van der Waals surface area contributed by atoms with E-state index >= 15 is 4.79 Å². The number of imide groups is 1. The third kappa shape index (κ3) is 5.22. The maximum Gasteiger partial charge on any atom is 0.268 e. The molecule has 9 aromatic rings. The van der Waals surface area contributed by atoms with Gasteiger partial charge < -0.3 is 4.57 Å². The van der Waals surface area contributed by atoms with Crippen molar-refractivity contribution in [3.05, 3.63) is 199 Å². The van der Waals surface area contributed by atoms with Crippen molar-refractivity contribution >= 4 is 39.3 Å². The lowest BCUT2D eigenvalue weighted by Gasteiger charge is -2.24. The second kappa shape index (κ2) is 13.2. The molecule has 1 aliphatic heterocycles. The van der Waals surface area contributed by atoms with Gasteiger partial charge in [0.15, 0.2) is 0 Å². The highest BCUT2D eigenvalue weighted by Gasteiger charge is 2.41. The van der Waals surface area contributed by atoms with Crippen LogP contribution in [0.1, 0.15) is 26.3 Å². The average Bonchev–Trinajstić information content (AvgIpc) is 3.73. The lowest BCUT2D eigenvalue weighted by molar-refractivity contribution is 0.0926. The second-order valence-corrected chi connectivity index (χ2v) is 13.8. The van der Waals surface area contributed by atoms with Crippen LogP contribution in [-0.2, 0) is 0 Å². The van der Waals surface area contributed by atoms with Crippen LogP contribution in [0.4, 0.5) is 5.69 Å². The van der Waals surface area contributed by atoms with Crippen LogP contribution in [0.15, 0.2) is 182 Å². The summed E-state index contributed by atoms with van der Waals surface area (Å²) in [6, 6.07) is 58.0. The molecule has 10 rings (SSSR count). The Labute approximate surface area is 322 Å². The third-order valence-electron chi connectivity index (χ3n) is 10.6. The van der Waals surface area contributed by atoms with Crippen molar-refractivity contribution in [1.29, 1.82) is 5.26 Å². The number of anilines is 1. The molecule has 0 unspecified atom stereocenters. The first-order valence-corrected chi connectivity index (χ1v) is 18.3. The van der Waals surface area contributed by atoms with Crippen molar-refractivity contribution in [2.24, 2.45) is 0 Å². The molecule has 0 fully saturated rings. The number of nitriles is 1. The van der Waals surface area contributed by atoms with Crippen molar-refractivity contribution < 1.29 is 9.59 Å². The van der Waals surface area contributed by atoms with Crippen molar-refractivity contribution in [2.45, 2.75) is 0 Å². The molecule has 262 valence electrons. The number of nitrogens with zero attached hydrogens (tertiary/aromatic N) is 4. The van der Waals surface area contributed by atoms with Crippen LogP contribution < -0.4 is 4.90 Å². The van der Waals surface area contributed by atoms with Crippen molar-refractivity contribution in [1.82, 2.24) is 9.55 Å². The average molecular weight is 719 g/mol. The summed E-state index contributed by atoms with van der Waals surface area (Å²) >= 11 is 0. The maximum atomic E-state index is 15.3. The lowest BCUT2D eigenvalue weighted by Crippen LogP contribution is -2.30. The fraction of sp³-hybridized carbons (Fsp3) is 0. The molecule has 0 radical (unpaired) electrons. The normalized spacial score (nSPS) is 12.3. The van der Waals surface area contributed by atoms with E-state index in [1.807, 2.05) is 127 Å². The first kappa shape index (κ1) is 32.7. The van der Waals surface area contributed by atoms with Crippen molar-refractivity contribution in [2.75, 3.05) is 4.90 Å². The van der Waals surface area contributed by atoms with Gasteiger partial charge in [0.05, 0.1) is 39.1 Å². The summed E-state index contributed by atoms with van der Waals surface area (Å²) in [5.41, 5.74) is 11.2. The number of hydrogen-bond donors (Lipinski definition) is 0. The summed E-state index contributed by atoms with van der Waals surface area (Å²) in [7, 11) is 0. The number of fused-ring (bicyclic) bond motifs is 4. The van der Waals surface area contributed by atoms with Gasteiger partial charge in [-0.3, -0.25) is 14.6 Å².